The number of rotatable bonds is 5. The lowest BCUT2D eigenvalue weighted by Gasteiger charge is -2.08. The van der Waals surface area contributed by atoms with Gasteiger partial charge in [-0.25, -0.2) is 8.78 Å². The van der Waals surface area contributed by atoms with Gasteiger partial charge >= 0.3 is 0 Å². The summed E-state index contributed by atoms with van der Waals surface area (Å²) >= 11 is 0. The van der Waals surface area contributed by atoms with Gasteiger partial charge in [0.15, 0.2) is 0 Å². The molecule has 0 unspecified atom stereocenters. The lowest BCUT2D eigenvalue weighted by Crippen LogP contribution is -2.36. The smallest absolute Gasteiger partial charge is 0.254 e. The molecule has 0 aromatic heterocycles. The van der Waals surface area contributed by atoms with Crippen LogP contribution in [0.1, 0.15) is 15.9 Å². The molecule has 3 aromatic rings. The number of amides is 2. The first-order chi connectivity index (χ1) is 12.5. The topological polar surface area (TPSA) is 58.2 Å². The Kier molecular flexibility index (Phi) is 5.22. The van der Waals surface area contributed by atoms with E-state index in [9.17, 15) is 18.4 Å². The fourth-order valence-electron chi connectivity index (χ4n) is 2.54. The fourth-order valence-corrected chi connectivity index (χ4v) is 2.54. The lowest BCUT2D eigenvalue weighted by atomic mass is 10.1. The zero-order valence-electron chi connectivity index (χ0n) is 13.8. The van der Waals surface area contributed by atoms with Crippen LogP contribution in [0.25, 0.3) is 10.8 Å². The van der Waals surface area contributed by atoms with Crippen molar-refractivity contribution in [2.75, 3.05) is 6.54 Å². The number of fused-ring (bicyclic) bond motifs is 1. The minimum absolute atomic E-state index is 0.302. The quantitative estimate of drug-likeness (QED) is 0.739. The number of carbonyl (C=O) groups excluding carboxylic acids is 2. The summed E-state index contributed by atoms with van der Waals surface area (Å²) in [5.74, 6) is -2.93. The van der Waals surface area contributed by atoms with Gasteiger partial charge in [-0.2, -0.15) is 0 Å². The zero-order chi connectivity index (χ0) is 18.5. The maximum Gasteiger partial charge on any atom is 0.254 e. The lowest BCUT2D eigenvalue weighted by molar-refractivity contribution is -0.120. The van der Waals surface area contributed by atoms with Crippen LogP contribution < -0.4 is 10.6 Å². The van der Waals surface area contributed by atoms with Crippen molar-refractivity contribution in [3.05, 3.63) is 83.4 Å². The Morgan fingerprint density at radius 1 is 0.846 bits per heavy atom. The molecule has 0 spiro atoms. The first kappa shape index (κ1) is 17.5. The third-order valence-corrected chi connectivity index (χ3v) is 3.89. The molecule has 6 heteroatoms. The van der Waals surface area contributed by atoms with Gasteiger partial charge in [-0.3, -0.25) is 9.59 Å². The highest BCUT2D eigenvalue weighted by molar-refractivity contribution is 5.96. The Labute approximate surface area is 148 Å². The van der Waals surface area contributed by atoms with Crippen molar-refractivity contribution in [3.63, 3.8) is 0 Å². The summed E-state index contributed by atoms with van der Waals surface area (Å²) in [6.45, 7) is 0.00762. The van der Waals surface area contributed by atoms with Crippen molar-refractivity contribution in [2.45, 2.75) is 6.54 Å². The van der Waals surface area contributed by atoms with Gasteiger partial charge in [0.2, 0.25) is 5.91 Å². The highest BCUT2D eigenvalue weighted by Crippen LogP contribution is 2.15. The van der Waals surface area contributed by atoms with E-state index < -0.39 is 23.4 Å². The van der Waals surface area contributed by atoms with Gasteiger partial charge in [0.05, 0.1) is 12.1 Å². The molecular weight excluding hydrogens is 338 g/mol. The molecule has 0 aliphatic rings. The highest BCUT2D eigenvalue weighted by atomic mass is 19.1. The van der Waals surface area contributed by atoms with Crippen LogP contribution in [0.2, 0.25) is 0 Å². The van der Waals surface area contributed by atoms with Crippen LogP contribution in [0.5, 0.6) is 0 Å². The first-order valence-corrected chi connectivity index (χ1v) is 8.00. The van der Waals surface area contributed by atoms with Crippen LogP contribution in [0.15, 0.2) is 60.7 Å². The van der Waals surface area contributed by atoms with Gasteiger partial charge in [-0.05, 0) is 34.5 Å². The summed E-state index contributed by atoms with van der Waals surface area (Å²) in [7, 11) is 0. The number of halogens is 2. The molecule has 4 nitrogen and oxygen atoms in total. The average molecular weight is 354 g/mol. The standard InChI is InChI=1S/C20H16F2N2O2/c21-16-7-8-17(18(22)10-16)20(26)24-12-19(25)23-11-13-5-6-14-3-1-2-4-15(14)9-13/h1-10H,11-12H2,(H,23,25)(H,24,26). The molecule has 132 valence electrons. The molecule has 0 fully saturated rings. The van der Waals surface area contributed by atoms with Crippen LogP contribution in [0.4, 0.5) is 8.78 Å². The Bertz CT molecular complexity index is 973. The van der Waals surface area contributed by atoms with Crippen molar-refractivity contribution in [1.82, 2.24) is 10.6 Å². The van der Waals surface area contributed by atoms with Gasteiger partial charge in [-0.1, -0.05) is 36.4 Å². The second kappa shape index (κ2) is 7.74. The molecule has 3 rings (SSSR count). The summed E-state index contributed by atoms with van der Waals surface area (Å²) in [5, 5.41) is 7.17. The van der Waals surface area contributed by atoms with Crippen LogP contribution in [-0.4, -0.2) is 18.4 Å². The van der Waals surface area contributed by atoms with Crippen LogP contribution >= 0.6 is 0 Å². The molecule has 0 aliphatic carbocycles. The summed E-state index contributed by atoms with van der Waals surface area (Å²) in [6.07, 6.45) is 0. The molecule has 0 atom stereocenters. The second-order valence-electron chi connectivity index (χ2n) is 5.77. The number of hydrogen-bond acceptors (Lipinski definition) is 2. The van der Waals surface area contributed by atoms with E-state index in [1.807, 2.05) is 42.5 Å². The maximum absolute atomic E-state index is 13.5. The number of carbonyl (C=O) groups is 2. The third kappa shape index (κ3) is 4.22. The molecule has 0 saturated carbocycles. The first-order valence-electron chi connectivity index (χ1n) is 8.00. The van der Waals surface area contributed by atoms with E-state index in [0.29, 0.717) is 12.6 Å². The Morgan fingerprint density at radius 2 is 1.62 bits per heavy atom. The number of hydrogen-bond donors (Lipinski definition) is 2. The van der Waals surface area contributed by atoms with Gasteiger partial charge in [0.1, 0.15) is 11.6 Å². The van der Waals surface area contributed by atoms with Crippen LogP contribution in [0.3, 0.4) is 0 Å². The fraction of sp³-hybridized carbons (Fsp3) is 0.100. The monoisotopic (exact) mass is 354 g/mol. The van der Waals surface area contributed by atoms with Crippen LogP contribution in [-0.2, 0) is 11.3 Å². The molecule has 26 heavy (non-hydrogen) atoms. The summed E-state index contributed by atoms with van der Waals surface area (Å²) in [6, 6.07) is 16.4. The molecule has 2 amide bonds. The highest BCUT2D eigenvalue weighted by Gasteiger charge is 2.13. The molecule has 0 saturated heterocycles. The SMILES string of the molecule is O=C(CNC(=O)c1ccc(F)cc1F)NCc1ccc2ccccc2c1. The molecule has 0 radical (unpaired) electrons. The van der Waals surface area contributed by atoms with Gasteiger partial charge in [0.25, 0.3) is 5.91 Å². The summed E-state index contributed by atoms with van der Waals surface area (Å²) in [4.78, 5) is 23.7. The minimum Gasteiger partial charge on any atom is -0.350 e. The molecule has 2 N–H and O–H groups in total. The average Bonchev–Trinajstić information content (AvgIpc) is 2.64. The molecule has 0 aliphatic heterocycles. The van der Waals surface area contributed by atoms with Crippen molar-refractivity contribution in [2.24, 2.45) is 0 Å². The summed E-state index contributed by atoms with van der Waals surface area (Å²) < 4.78 is 26.4. The van der Waals surface area contributed by atoms with E-state index in [1.165, 1.54) is 0 Å². The predicted octanol–water partition coefficient (Wildman–Crippen LogP) is 3.16. The zero-order valence-corrected chi connectivity index (χ0v) is 13.8. The molecule has 3 aromatic carbocycles. The molecule has 0 bridgehead atoms. The number of benzene rings is 3. The maximum atomic E-state index is 13.5. The largest absolute Gasteiger partial charge is 0.350 e. The van der Waals surface area contributed by atoms with E-state index in [2.05, 4.69) is 10.6 Å². The Balaban J connectivity index is 1.52. The summed E-state index contributed by atoms with van der Waals surface area (Å²) in [5.41, 5.74) is 0.613. The van der Waals surface area contributed by atoms with Gasteiger partial charge in [0, 0.05) is 12.6 Å². The van der Waals surface area contributed by atoms with E-state index in [0.717, 1.165) is 28.5 Å². The normalized spacial score (nSPS) is 10.5. The van der Waals surface area contributed by atoms with E-state index in [-0.39, 0.29) is 12.1 Å². The Hall–Kier alpha value is -3.28. The van der Waals surface area contributed by atoms with Gasteiger partial charge < -0.3 is 10.6 Å². The second-order valence-corrected chi connectivity index (χ2v) is 5.77. The van der Waals surface area contributed by atoms with Crippen molar-refractivity contribution in [1.29, 1.82) is 0 Å². The Morgan fingerprint density at radius 3 is 2.38 bits per heavy atom. The van der Waals surface area contributed by atoms with Gasteiger partial charge in [-0.15, -0.1) is 0 Å². The number of nitrogens with one attached hydrogen (secondary N) is 2. The van der Waals surface area contributed by atoms with E-state index >= 15 is 0 Å². The van der Waals surface area contributed by atoms with Crippen LogP contribution in [0, 0.1) is 11.6 Å². The molecular formula is C20H16F2N2O2. The molecule has 0 heterocycles. The van der Waals surface area contributed by atoms with Crippen molar-refractivity contribution >= 4 is 22.6 Å². The van der Waals surface area contributed by atoms with E-state index in [1.54, 1.807) is 0 Å². The predicted molar refractivity (Wildman–Crippen MR) is 94.5 cm³/mol. The third-order valence-electron chi connectivity index (χ3n) is 3.89. The van der Waals surface area contributed by atoms with Crippen molar-refractivity contribution < 1.29 is 18.4 Å². The van der Waals surface area contributed by atoms with Crippen molar-refractivity contribution in [3.8, 4) is 0 Å². The minimum atomic E-state index is -0.973. The van der Waals surface area contributed by atoms with E-state index in [4.69, 9.17) is 0 Å².